The third kappa shape index (κ3) is 5.35. The van der Waals surface area contributed by atoms with E-state index in [2.05, 4.69) is 17.1 Å². The first kappa shape index (κ1) is 21.2. The van der Waals surface area contributed by atoms with E-state index in [1.165, 1.54) is 18.2 Å². The van der Waals surface area contributed by atoms with Crippen LogP contribution in [-0.4, -0.2) is 32.6 Å². The SMILES string of the molecule is CN(Cc1ccc(F)cc1)C(=O)/C=C/c1cn(Cc2ccccc2)nc1-c1cccnc1. The van der Waals surface area contributed by atoms with Crippen LogP contribution >= 0.6 is 0 Å². The molecule has 5 nitrogen and oxygen atoms in total. The van der Waals surface area contributed by atoms with E-state index >= 15 is 0 Å². The van der Waals surface area contributed by atoms with Crippen LogP contribution in [0, 0.1) is 5.82 Å². The van der Waals surface area contributed by atoms with Crippen LogP contribution in [0.2, 0.25) is 0 Å². The first-order valence-corrected chi connectivity index (χ1v) is 10.3. The lowest BCUT2D eigenvalue weighted by molar-refractivity contribution is -0.125. The average Bonchev–Trinajstić information content (AvgIpc) is 3.22. The minimum absolute atomic E-state index is 0.151. The Balaban J connectivity index is 1.54. The summed E-state index contributed by atoms with van der Waals surface area (Å²) in [6.07, 6.45) is 8.72. The van der Waals surface area contributed by atoms with Gasteiger partial charge in [-0.3, -0.25) is 14.5 Å². The van der Waals surface area contributed by atoms with Crippen molar-refractivity contribution in [3.05, 3.63) is 114 Å². The highest BCUT2D eigenvalue weighted by Gasteiger charge is 2.12. The summed E-state index contributed by atoms with van der Waals surface area (Å²) in [5.41, 5.74) is 4.48. The molecule has 0 aliphatic rings. The smallest absolute Gasteiger partial charge is 0.246 e. The Hall–Kier alpha value is -4.06. The van der Waals surface area contributed by atoms with Crippen molar-refractivity contribution in [3.63, 3.8) is 0 Å². The Kier molecular flexibility index (Phi) is 6.51. The highest BCUT2D eigenvalue weighted by Crippen LogP contribution is 2.23. The van der Waals surface area contributed by atoms with Gasteiger partial charge in [0.05, 0.1) is 6.54 Å². The van der Waals surface area contributed by atoms with Crippen molar-refractivity contribution >= 4 is 12.0 Å². The van der Waals surface area contributed by atoms with E-state index < -0.39 is 0 Å². The Bertz CT molecular complexity index is 1200. The van der Waals surface area contributed by atoms with Gasteiger partial charge in [0.1, 0.15) is 11.5 Å². The van der Waals surface area contributed by atoms with Gasteiger partial charge in [0.25, 0.3) is 0 Å². The number of benzene rings is 2. The van der Waals surface area contributed by atoms with Crippen molar-refractivity contribution in [1.29, 1.82) is 0 Å². The average molecular weight is 426 g/mol. The zero-order valence-corrected chi connectivity index (χ0v) is 17.7. The third-order valence-electron chi connectivity index (χ3n) is 5.03. The fraction of sp³-hybridized carbons (Fsp3) is 0.115. The van der Waals surface area contributed by atoms with Crippen LogP contribution in [0.15, 0.2) is 91.4 Å². The van der Waals surface area contributed by atoms with Gasteiger partial charge in [-0.05, 0) is 41.5 Å². The molecule has 4 rings (SSSR count). The molecule has 0 atom stereocenters. The second kappa shape index (κ2) is 9.83. The summed E-state index contributed by atoms with van der Waals surface area (Å²) < 4.78 is 15.0. The monoisotopic (exact) mass is 426 g/mol. The molecule has 4 aromatic rings. The van der Waals surface area contributed by atoms with Crippen LogP contribution in [0.3, 0.4) is 0 Å². The van der Waals surface area contributed by atoms with E-state index in [4.69, 9.17) is 5.10 Å². The van der Waals surface area contributed by atoms with Crippen LogP contribution in [0.4, 0.5) is 4.39 Å². The van der Waals surface area contributed by atoms with Gasteiger partial charge in [-0.2, -0.15) is 5.10 Å². The van der Waals surface area contributed by atoms with Crippen molar-refractivity contribution in [3.8, 4) is 11.3 Å². The number of likely N-dealkylation sites (N-methyl/N-ethyl adjacent to an activating group) is 1. The first-order chi connectivity index (χ1) is 15.6. The summed E-state index contributed by atoms with van der Waals surface area (Å²) in [4.78, 5) is 18.4. The fourth-order valence-electron chi connectivity index (χ4n) is 3.37. The predicted octanol–water partition coefficient (Wildman–Crippen LogP) is 4.80. The van der Waals surface area contributed by atoms with E-state index in [0.717, 1.165) is 27.9 Å². The van der Waals surface area contributed by atoms with E-state index in [9.17, 15) is 9.18 Å². The van der Waals surface area contributed by atoms with Gasteiger partial charge < -0.3 is 4.90 Å². The van der Waals surface area contributed by atoms with Gasteiger partial charge in [0.15, 0.2) is 0 Å². The quantitative estimate of drug-likeness (QED) is 0.399. The van der Waals surface area contributed by atoms with Gasteiger partial charge in [0, 0.05) is 49.4 Å². The molecule has 2 aromatic carbocycles. The predicted molar refractivity (Wildman–Crippen MR) is 123 cm³/mol. The zero-order chi connectivity index (χ0) is 22.3. The minimum atomic E-state index is -0.293. The molecule has 0 bridgehead atoms. The Labute approximate surface area is 186 Å². The van der Waals surface area contributed by atoms with E-state index in [1.54, 1.807) is 42.6 Å². The molecule has 0 saturated carbocycles. The van der Waals surface area contributed by atoms with Gasteiger partial charge in [-0.15, -0.1) is 0 Å². The normalized spacial score (nSPS) is 11.1. The number of amides is 1. The molecule has 160 valence electrons. The van der Waals surface area contributed by atoms with Crippen LogP contribution in [0.25, 0.3) is 17.3 Å². The number of carbonyl (C=O) groups is 1. The van der Waals surface area contributed by atoms with E-state index in [-0.39, 0.29) is 11.7 Å². The van der Waals surface area contributed by atoms with Crippen molar-refractivity contribution in [2.45, 2.75) is 13.1 Å². The minimum Gasteiger partial charge on any atom is -0.338 e. The molecule has 0 saturated heterocycles. The molecule has 0 aliphatic carbocycles. The summed E-state index contributed by atoms with van der Waals surface area (Å²) in [6.45, 7) is 1.02. The lowest BCUT2D eigenvalue weighted by atomic mass is 10.1. The summed E-state index contributed by atoms with van der Waals surface area (Å²) in [5, 5.41) is 4.74. The molecular formula is C26H23FN4O. The highest BCUT2D eigenvalue weighted by molar-refractivity contribution is 5.92. The number of pyridine rings is 1. The second-order valence-electron chi connectivity index (χ2n) is 7.51. The van der Waals surface area contributed by atoms with Crippen molar-refractivity contribution in [2.75, 3.05) is 7.05 Å². The van der Waals surface area contributed by atoms with Gasteiger partial charge in [0.2, 0.25) is 5.91 Å². The molecule has 32 heavy (non-hydrogen) atoms. The molecule has 0 unspecified atom stereocenters. The molecular weight excluding hydrogens is 403 g/mol. The number of nitrogens with zero attached hydrogens (tertiary/aromatic N) is 4. The molecule has 0 fully saturated rings. The summed E-state index contributed by atoms with van der Waals surface area (Å²) >= 11 is 0. The molecule has 0 radical (unpaired) electrons. The summed E-state index contributed by atoms with van der Waals surface area (Å²) in [7, 11) is 1.72. The number of aromatic nitrogens is 3. The maximum Gasteiger partial charge on any atom is 0.246 e. The first-order valence-electron chi connectivity index (χ1n) is 10.3. The van der Waals surface area contributed by atoms with Crippen molar-refractivity contribution in [2.24, 2.45) is 0 Å². The van der Waals surface area contributed by atoms with E-state index in [0.29, 0.717) is 13.1 Å². The van der Waals surface area contributed by atoms with Gasteiger partial charge >= 0.3 is 0 Å². The molecule has 2 aromatic heterocycles. The highest BCUT2D eigenvalue weighted by atomic mass is 19.1. The largest absolute Gasteiger partial charge is 0.338 e. The summed E-state index contributed by atoms with van der Waals surface area (Å²) in [5.74, 6) is -0.444. The van der Waals surface area contributed by atoms with Crippen molar-refractivity contribution < 1.29 is 9.18 Å². The van der Waals surface area contributed by atoms with Crippen LogP contribution in [0.1, 0.15) is 16.7 Å². The van der Waals surface area contributed by atoms with Gasteiger partial charge in [-0.25, -0.2) is 4.39 Å². The standard InChI is InChI=1S/C26H23FN4O/c1-30(17-21-9-12-24(27)13-10-21)25(32)14-11-23-19-31(18-20-6-3-2-4-7-20)29-26(23)22-8-5-15-28-16-22/h2-16,19H,17-18H2,1H3/b14-11+. The third-order valence-corrected chi connectivity index (χ3v) is 5.03. The Morgan fingerprint density at radius 3 is 2.53 bits per heavy atom. The van der Waals surface area contributed by atoms with Crippen LogP contribution in [-0.2, 0) is 17.9 Å². The van der Waals surface area contributed by atoms with Crippen molar-refractivity contribution in [1.82, 2.24) is 19.7 Å². The Morgan fingerprint density at radius 1 is 1.03 bits per heavy atom. The molecule has 0 spiro atoms. The fourth-order valence-corrected chi connectivity index (χ4v) is 3.37. The second-order valence-corrected chi connectivity index (χ2v) is 7.51. The number of hydrogen-bond donors (Lipinski definition) is 0. The molecule has 1 amide bonds. The summed E-state index contributed by atoms with van der Waals surface area (Å²) in [6, 6.07) is 20.0. The zero-order valence-electron chi connectivity index (χ0n) is 17.7. The molecule has 0 aliphatic heterocycles. The maximum atomic E-state index is 13.1. The lowest BCUT2D eigenvalue weighted by Gasteiger charge is -2.15. The van der Waals surface area contributed by atoms with Gasteiger partial charge in [-0.1, -0.05) is 42.5 Å². The number of carbonyl (C=O) groups excluding carboxylic acids is 1. The molecule has 6 heteroatoms. The van der Waals surface area contributed by atoms with Crippen LogP contribution < -0.4 is 0 Å². The number of hydrogen-bond acceptors (Lipinski definition) is 3. The number of rotatable bonds is 7. The molecule has 2 heterocycles. The molecule has 0 N–H and O–H groups in total. The number of halogens is 1. The Morgan fingerprint density at radius 2 is 1.81 bits per heavy atom. The topological polar surface area (TPSA) is 51.0 Å². The maximum absolute atomic E-state index is 13.1. The van der Waals surface area contributed by atoms with Crippen LogP contribution in [0.5, 0.6) is 0 Å². The van der Waals surface area contributed by atoms with E-state index in [1.807, 2.05) is 41.2 Å². The lowest BCUT2D eigenvalue weighted by Crippen LogP contribution is -2.24.